The Balaban J connectivity index is 2.26. The van der Waals surface area contributed by atoms with Gasteiger partial charge in [0.2, 0.25) is 0 Å². The van der Waals surface area contributed by atoms with Crippen LogP contribution in [-0.4, -0.2) is 41.4 Å². The molecule has 1 aromatic carbocycles. The van der Waals surface area contributed by atoms with Crippen molar-refractivity contribution in [2.45, 2.75) is 13.0 Å². The van der Waals surface area contributed by atoms with Crippen LogP contribution in [0.1, 0.15) is 17.3 Å². The van der Waals surface area contributed by atoms with Crippen molar-refractivity contribution in [1.29, 1.82) is 0 Å². The van der Waals surface area contributed by atoms with Gasteiger partial charge in [-0.2, -0.15) is 0 Å². The van der Waals surface area contributed by atoms with Crippen LogP contribution in [0.3, 0.4) is 0 Å². The summed E-state index contributed by atoms with van der Waals surface area (Å²) >= 11 is 5.97. The molecule has 0 aromatic heterocycles. The molecule has 0 unspecified atom stereocenters. The number of nitro benzene ring substituents is 1. The second-order valence-electron chi connectivity index (χ2n) is 4.47. The SMILES string of the molecule is C[C@@H]1CNCCN1C(=O)c1ccc([N+](=O)[O-])cc1Cl. The minimum absolute atomic E-state index is 0.0764. The monoisotopic (exact) mass is 283 g/mol. The van der Waals surface area contributed by atoms with Crippen LogP contribution in [0, 0.1) is 10.1 Å². The van der Waals surface area contributed by atoms with E-state index in [0.717, 1.165) is 13.1 Å². The van der Waals surface area contributed by atoms with Crippen molar-refractivity contribution < 1.29 is 9.72 Å². The number of nitrogens with zero attached hydrogens (tertiary/aromatic N) is 2. The summed E-state index contributed by atoms with van der Waals surface area (Å²) in [6.07, 6.45) is 0. The molecular weight excluding hydrogens is 270 g/mol. The van der Waals surface area contributed by atoms with E-state index in [1.54, 1.807) is 4.90 Å². The van der Waals surface area contributed by atoms with Gasteiger partial charge in [-0.05, 0) is 13.0 Å². The normalized spacial score (nSPS) is 19.3. The summed E-state index contributed by atoms with van der Waals surface area (Å²) in [4.78, 5) is 24.2. The molecule has 7 heteroatoms. The first kappa shape index (κ1) is 13.8. The van der Waals surface area contributed by atoms with E-state index in [1.807, 2.05) is 6.92 Å². The van der Waals surface area contributed by atoms with Crippen LogP contribution in [0.4, 0.5) is 5.69 Å². The quantitative estimate of drug-likeness (QED) is 0.662. The fraction of sp³-hybridized carbons (Fsp3) is 0.417. The average Bonchev–Trinajstić information content (AvgIpc) is 2.38. The highest BCUT2D eigenvalue weighted by Crippen LogP contribution is 2.24. The number of carbonyl (C=O) groups is 1. The molecule has 1 heterocycles. The number of piperazine rings is 1. The van der Waals surface area contributed by atoms with Gasteiger partial charge in [-0.15, -0.1) is 0 Å². The van der Waals surface area contributed by atoms with Crippen molar-refractivity contribution in [1.82, 2.24) is 10.2 Å². The largest absolute Gasteiger partial charge is 0.333 e. The molecule has 0 bridgehead atoms. The van der Waals surface area contributed by atoms with E-state index in [-0.39, 0.29) is 22.7 Å². The molecule has 2 rings (SSSR count). The Morgan fingerprint density at radius 1 is 1.58 bits per heavy atom. The maximum absolute atomic E-state index is 12.4. The minimum atomic E-state index is -0.534. The predicted molar refractivity (Wildman–Crippen MR) is 71.5 cm³/mol. The Kier molecular flexibility index (Phi) is 4.01. The average molecular weight is 284 g/mol. The molecule has 1 aliphatic rings. The second kappa shape index (κ2) is 5.54. The van der Waals surface area contributed by atoms with E-state index in [9.17, 15) is 14.9 Å². The van der Waals surface area contributed by atoms with Gasteiger partial charge in [-0.3, -0.25) is 14.9 Å². The van der Waals surface area contributed by atoms with Gasteiger partial charge in [-0.25, -0.2) is 0 Å². The van der Waals surface area contributed by atoms with Crippen molar-refractivity contribution in [3.63, 3.8) is 0 Å². The Bertz CT molecular complexity index is 521. The van der Waals surface area contributed by atoms with Crippen LogP contribution in [0.2, 0.25) is 5.02 Å². The zero-order valence-corrected chi connectivity index (χ0v) is 11.2. The number of benzene rings is 1. The number of amides is 1. The number of hydrogen-bond donors (Lipinski definition) is 1. The van der Waals surface area contributed by atoms with Crippen LogP contribution in [0.15, 0.2) is 18.2 Å². The molecular formula is C12H14ClN3O3. The fourth-order valence-electron chi connectivity index (χ4n) is 2.09. The second-order valence-corrected chi connectivity index (χ2v) is 4.88. The topological polar surface area (TPSA) is 75.5 Å². The number of nitrogens with one attached hydrogen (secondary N) is 1. The van der Waals surface area contributed by atoms with Crippen LogP contribution < -0.4 is 5.32 Å². The smallest absolute Gasteiger partial charge is 0.270 e. The molecule has 1 fully saturated rings. The highest BCUT2D eigenvalue weighted by Gasteiger charge is 2.26. The van der Waals surface area contributed by atoms with Gasteiger partial charge in [0.25, 0.3) is 11.6 Å². The van der Waals surface area contributed by atoms with Gasteiger partial charge in [0.15, 0.2) is 0 Å². The minimum Gasteiger partial charge on any atom is -0.333 e. The highest BCUT2D eigenvalue weighted by atomic mass is 35.5. The molecule has 1 amide bonds. The summed E-state index contributed by atoms with van der Waals surface area (Å²) in [6.45, 7) is 4.02. The molecule has 19 heavy (non-hydrogen) atoms. The van der Waals surface area contributed by atoms with E-state index in [2.05, 4.69) is 5.32 Å². The maximum Gasteiger partial charge on any atom is 0.270 e. The molecule has 0 spiro atoms. The molecule has 1 atom stereocenters. The maximum atomic E-state index is 12.4. The molecule has 0 radical (unpaired) electrons. The lowest BCUT2D eigenvalue weighted by molar-refractivity contribution is -0.384. The molecule has 0 aliphatic carbocycles. The molecule has 1 saturated heterocycles. The standard InChI is InChI=1S/C12H14ClN3O3/c1-8-7-14-4-5-15(8)12(17)10-3-2-9(16(18)19)6-11(10)13/h2-3,6,8,14H,4-5,7H2,1H3/t8-/m1/s1. The van der Waals surface area contributed by atoms with E-state index in [0.29, 0.717) is 12.1 Å². The highest BCUT2D eigenvalue weighted by molar-refractivity contribution is 6.34. The van der Waals surface area contributed by atoms with Gasteiger partial charge in [0.1, 0.15) is 0 Å². The lowest BCUT2D eigenvalue weighted by Crippen LogP contribution is -2.52. The first-order valence-corrected chi connectivity index (χ1v) is 6.34. The van der Waals surface area contributed by atoms with E-state index in [1.165, 1.54) is 18.2 Å². The van der Waals surface area contributed by atoms with Crippen molar-refractivity contribution in [2.24, 2.45) is 0 Å². The first-order chi connectivity index (χ1) is 9.00. The number of carbonyl (C=O) groups excluding carboxylic acids is 1. The Morgan fingerprint density at radius 3 is 2.89 bits per heavy atom. The molecule has 1 aromatic rings. The van der Waals surface area contributed by atoms with Crippen molar-refractivity contribution >= 4 is 23.2 Å². The summed E-state index contributed by atoms with van der Waals surface area (Å²) in [7, 11) is 0. The van der Waals surface area contributed by atoms with Crippen LogP contribution >= 0.6 is 11.6 Å². The Morgan fingerprint density at radius 2 is 2.32 bits per heavy atom. The molecule has 1 aliphatic heterocycles. The number of rotatable bonds is 2. The molecule has 0 saturated carbocycles. The molecule has 6 nitrogen and oxygen atoms in total. The number of non-ortho nitro benzene ring substituents is 1. The van der Waals surface area contributed by atoms with E-state index < -0.39 is 4.92 Å². The van der Waals surface area contributed by atoms with Crippen molar-refractivity contribution in [3.05, 3.63) is 38.9 Å². The Labute approximate surface area is 115 Å². The molecule has 1 N–H and O–H groups in total. The zero-order valence-electron chi connectivity index (χ0n) is 10.4. The summed E-state index contributed by atoms with van der Waals surface area (Å²) in [6, 6.07) is 4.00. The lowest BCUT2D eigenvalue weighted by atomic mass is 10.1. The summed E-state index contributed by atoms with van der Waals surface area (Å²) < 4.78 is 0. The van der Waals surface area contributed by atoms with E-state index in [4.69, 9.17) is 11.6 Å². The summed E-state index contributed by atoms with van der Waals surface area (Å²) in [5, 5.41) is 13.9. The first-order valence-electron chi connectivity index (χ1n) is 5.96. The van der Waals surface area contributed by atoms with E-state index >= 15 is 0 Å². The molecule has 102 valence electrons. The van der Waals surface area contributed by atoms with Crippen LogP contribution in [0.5, 0.6) is 0 Å². The number of nitro groups is 1. The summed E-state index contributed by atoms with van der Waals surface area (Å²) in [5.74, 6) is -0.186. The third-order valence-corrected chi connectivity index (χ3v) is 3.47. The van der Waals surface area contributed by atoms with Gasteiger partial charge < -0.3 is 10.2 Å². The van der Waals surface area contributed by atoms with Gasteiger partial charge >= 0.3 is 0 Å². The van der Waals surface area contributed by atoms with Crippen molar-refractivity contribution in [2.75, 3.05) is 19.6 Å². The van der Waals surface area contributed by atoms with Gasteiger partial charge in [0, 0.05) is 37.8 Å². The third-order valence-electron chi connectivity index (χ3n) is 3.16. The van der Waals surface area contributed by atoms with Gasteiger partial charge in [-0.1, -0.05) is 11.6 Å². The van der Waals surface area contributed by atoms with Crippen LogP contribution in [-0.2, 0) is 0 Å². The summed E-state index contributed by atoms with van der Waals surface area (Å²) in [5.41, 5.74) is 0.191. The predicted octanol–water partition coefficient (Wildman–Crippen LogP) is 1.68. The number of halogens is 1. The van der Waals surface area contributed by atoms with Gasteiger partial charge in [0.05, 0.1) is 15.5 Å². The van der Waals surface area contributed by atoms with Crippen molar-refractivity contribution in [3.8, 4) is 0 Å². The Hall–Kier alpha value is -1.66. The number of hydrogen-bond acceptors (Lipinski definition) is 4. The van der Waals surface area contributed by atoms with Crippen LogP contribution in [0.25, 0.3) is 0 Å². The fourth-order valence-corrected chi connectivity index (χ4v) is 2.34. The zero-order chi connectivity index (χ0) is 14.0. The third kappa shape index (κ3) is 2.85. The lowest BCUT2D eigenvalue weighted by Gasteiger charge is -2.34.